The third-order valence-electron chi connectivity index (χ3n) is 14.5. The van der Waals surface area contributed by atoms with Gasteiger partial charge >= 0.3 is 0 Å². The van der Waals surface area contributed by atoms with Crippen molar-refractivity contribution in [1.82, 2.24) is 0 Å². The zero-order valence-electron chi connectivity index (χ0n) is 40.3. The van der Waals surface area contributed by atoms with E-state index in [1.165, 1.54) is 27.8 Å². The molecule has 0 radical (unpaired) electrons. The predicted octanol–water partition coefficient (Wildman–Crippen LogP) is 20.1. The predicted molar refractivity (Wildman–Crippen MR) is 308 cm³/mol. The van der Waals surface area contributed by atoms with E-state index in [9.17, 15) is 0 Å². The van der Waals surface area contributed by atoms with Gasteiger partial charge in [0.25, 0.3) is 0 Å². The first-order chi connectivity index (χ1) is 36.7. The van der Waals surface area contributed by atoms with E-state index in [1.807, 2.05) is 12.1 Å². The normalized spacial score (nSPS) is 11.6. The number of nitrogens with zero attached hydrogens (tertiary/aromatic N) is 2. The third-order valence-corrected chi connectivity index (χ3v) is 14.5. The summed E-state index contributed by atoms with van der Waals surface area (Å²) in [6, 6.07) is 99.3. The van der Waals surface area contributed by atoms with Crippen molar-refractivity contribution in [2.45, 2.75) is 0 Å². The SMILES string of the molecule is c1ccc(-c2ccc(N(c3ccc(-c4ccccc4)cc3)c3ccc4c(c3)-c3cccc5ccc(N(c6ccc(-c7ccccc7)cc6)c6ccc(-c7cccc8c7oc7ccccc78)cc6)c(c35)O4)cc2)cc1. The maximum atomic E-state index is 7.27. The van der Waals surface area contributed by atoms with Crippen LogP contribution in [0.3, 0.4) is 0 Å². The maximum absolute atomic E-state index is 7.27. The lowest BCUT2D eigenvalue weighted by Crippen LogP contribution is -2.13. The van der Waals surface area contributed by atoms with Crippen LogP contribution in [0.2, 0.25) is 0 Å². The van der Waals surface area contributed by atoms with Crippen molar-refractivity contribution in [3.05, 3.63) is 279 Å². The smallest absolute Gasteiger partial charge is 0.159 e. The van der Waals surface area contributed by atoms with Crippen LogP contribution in [0.4, 0.5) is 34.1 Å². The Balaban J connectivity index is 0.889. The van der Waals surface area contributed by atoms with Gasteiger partial charge in [-0.2, -0.15) is 0 Å². The zero-order valence-corrected chi connectivity index (χ0v) is 40.3. The summed E-state index contributed by atoms with van der Waals surface area (Å²) in [5.74, 6) is 1.61. The fourth-order valence-corrected chi connectivity index (χ4v) is 10.8. The standard InChI is InChI=1S/C70H46N2O2/c1-4-14-47(15-5-1)50-26-35-55(36-27-50)71(56-37-28-51(29-38-56)48-16-6-2-7-17-48)59-43-45-67-64(46-59)62-23-12-20-54-34-44-65(70(74-67)68(54)62)72(57-39-30-52(31-40-57)49-18-8-3-9-19-49)58-41-32-53(33-42-58)60-22-13-24-63-61-21-10-11-25-66(61)73-69(60)63/h1-46H. The molecule has 0 saturated carbocycles. The Morgan fingerprint density at radius 1 is 0.284 bits per heavy atom. The van der Waals surface area contributed by atoms with E-state index in [0.717, 1.165) is 106 Å². The van der Waals surface area contributed by atoms with Crippen LogP contribution >= 0.6 is 0 Å². The van der Waals surface area contributed by atoms with Crippen molar-refractivity contribution in [1.29, 1.82) is 0 Å². The summed E-state index contributed by atoms with van der Waals surface area (Å²) in [5.41, 5.74) is 19.2. The Morgan fingerprint density at radius 2 is 0.743 bits per heavy atom. The molecule has 1 aliphatic rings. The number of anilines is 6. The largest absolute Gasteiger partial charge is 0.455 e. The summed E-state index contributed by atoms with van der Waals surface area (Å²) < 4.78 is 13.8. The van der Waals surface area contributed by atoms with Crippen LogP contribution in [0.15, 0.2) is 283 Å². The number of furan rings is 1. The molecule has 0 atom stereocenters. The molecule has 4 heteroatoms. The number of benzene rings is 12. The first-order valence-electron chi connectivity index (χ1n) is 25.1. The van der Waals surface area contributed by atoms with Crippen molar-refractivity contribution >= 4 is 66.8 Å². The highest BCUT2D eigenvalue weighted by molar-refractivity contribution is 6.10. The van der Waals surface area contributed by atoms with E-state index < -0.39 is 0 Å². The molecule has 0 N–H and O–H groups in total. The molecule has 1 aliphatic heterocycles. The molecule has 0 unspecified atom stereocenters. The lowest BCUT2D eigenvalue weighted by molar-refractivity contribution is 0.488. The third kappa shape index (κ3) is 7.56. The van der Waals surface area contributed by atoms with Gasteiger partial charge in [-0.1, -0.05) is 200 Å². The summed E-state index contributed by atoms with van der Waals surface area (Å²) in [4.78, 5) is 4.67. The molecule has 0 aliphatic carbocycles. The minimum atomic E-state index is 0.800. The highest BCUT2D eigenvalue weighted by Gasteiger charge is 2.28. The molecule has 4 nitrogen and oxygen atoms in total. The van der Waals surface area contributed by atoms with E-state index in [1.54, 1.807) is 0 Å². The van der Waals surface area contributed by atoms with Gasteiger partial charge < -0.3 is 19.0 Å². The number of para-hydroxylation sites is 2. The Kier molecular flexibility index (Phi) is 10.5. The monoisotopic (exact) mass is 946 g/mol. The molecular weight excluding hydrogens is 901 g/mol. The quantitative estimate of drug-likeness (QED) is 0.137. The second kappa shape index (κ2) is 18.1. The van der Waals surface area contributed by atoms with E-state index in [4.69, 9.17) is 9.15 Å². The van der Waals surface area contributed by atoms with E-state index in [-0.39, 0.29) is 0 Å². The highest BCUT2D eigenvalue weighted by Crippen LogP contribution is 2.54. The molecule has 74 heavy (non-hydrogen) atoms. The van der Waals surface area contributed by atoms with E-state index in [0.29, 0.717) is 0 Å². The first-order valence-corrected chi connectivity index (χ1v) is 25.1. The zero-order chi connectivity index (χ0) is 49.0. The van der Waals surface area contributed by atoms with Gasteiger partial charge in [0.05, 0.1) is 5.69 Å². The average Bonchev–Trinajstić information content (AvgIpc) is 3.87. The maximum Gasteiger partial charge on any atom is 0.159 e. The summed E-state index contributed by atoms with van der Waals surface area (Å²) in [7, 11) is 0. The van der Waals surface area contributed by atoms with Crippen molar-refractivity contribution in [2.75, 3.05) is 9.80 Å². The molecule has 0 fully saturated rings. The van der Waals surface area contributed by atoms with Gasteiger partial charge in [-0.3, -0.25) is 0 Å². The fraction of sp³-hybridized carbons (Fsp3) is 0. The molecule has 2 heterocycles. The molecule has 13 aromatic rings. The van der Waals surface area contributed by atoms with Crippen molar-refractivity contribution in [3.8, 4) is 67.1 Å². The molecule has 0 spiro atoms. The summed E-state index contributed by atoms with van der Waals surface area (Å²) in [6.07, 6.45) is 0. The fourth-order valence-electron chi connectivity index (χ4n) is 10.8. The molecule has 12 aromatic carbocycles. The Morgan fingerprint density at radius 3 is 1.32 bits per heavy atom. The van der Waals surface area contributed by atoms with Crippen molar-refractivity contribution in [3.63, 3.8) is 0 Å². The van der Waals surface area contributed by atoms with E-state index >= 15 is 0 Å². The molecule has 1 aromatic heterocycles. The number of ether oxygens (including phenoxy) is 1. The van der Waals surface area contributed by atoms with Gasteiger partial charge in [0, 0.05) is 55.7 Å². The van der Waals surface area contributed by atoms with Crippen molar-refractivity contribution < 1.29 is 9.15 Å². The van der Waals surface area contributed by atoms with Crippen LogP contribution in [-0.4, -0.2) is 0 Å². The van der Waals surface area contributed by atoms with Crippen LogP contribution < -0.4 is 14.5 Å². The Labute approximate surface area is 429 Å². The first kappa shape index (κ1) is 42.9. The minimum Gasteiger partial charge on any atom is -0.455 e. The highest BCUT2D eigenvalue weighted by atomic mass is 16.5. The van der Waals surface area contributed by atoms with Crippen LogP contribution in [-0.2, 0) is 0 Å². The minimum absolute atomic E-state index is 0.800. The number of hydrogen-bond donors (Lipinski definition) is 0. The summed E-state index contributed by atoms with van der Waals surface area (Å²) in [6.45, 7) is 0. The van der Waals surface area contributed by atoms with Gasteiger partial charge in [0.2, 0.25) is 0 Å². The van der Waals surface area contributed by atoms with E-state index in [2.05, 4.69) is 277 Å². The van der Waals surface area contributed by atoms with Gasteiger partial charge in [-0.25, -0.2) is 0 Å². The Bertz CT molecular complexity index is 4090. The van der Waals surface area contributed by atoms with Crippen LogP contribution in [0.1, 0.15) is 0 Å². The van der Waals surface area contributed by atoms with Gasteiger partial charge in [-0.05, 0) is 129 Å². The molecule has 0 bridgehead atoms. The summed E-state index contributed by atoms with van der Waals surface area (Å²) >= 11 is 0. The van der Waals surface area contributed by atoms with Crippen molar-refractivity contribution in [2.24, 2.45) is 0 Å². The van der Waals surface area contributed by atoms with Gasteiger partial charge in [0.1, 0.15) is 16.9 Å². The average molecular weight is 947 g/mol. The number of hydrogen-bond acceptors (Lipinski definition) is 4. The van der Waals surface area contributed by atoms with Gasteiger partial charge in [-0.15, -0.1) is 0 Å². The second-order valence-electron chi connectivity index (χ2n) is 18.8. The molecule has 0 saturated heterocycles. The lowest BCUT2D eigenvalue weighted by atomic mass is 9.93. The van der Waals surface area contributed by atoms with Crippen LogP contribution in [0.25, 0.3) is 88.3 Å². The summed E-state index contributed by atoms with van der Waals surface area (Å²) in [5, 5.41) is 4.41. The topological polar surface area (TPSA) is 28.9 Å². The van der Waals surface area contributed by atoms with Gasteiger partial charge in [0.15, 0.2) is 5.75 Å². The van der Waals surface area contributed by atoms with Crippen LogP contribution in [0, 0.1) is 0 Å². The second-order valence-corrected chi connectivity index (χ2v) is 18.8. The number of rotatable bonds is 10. The van der Waals surface area contributed by atoms with Crippen LogP contribution in [0.5, 0.6) is 11.5 Å². The Hall–Kier alpha value is -9.90. The number of fused-ring (bicyclic) bond motifs is 5. The molecule has 348 valence electrons. The lowest BCUT2D eigenvalue weighted by Gasteiger charge is -2.32. The molecule has 14 rings (SSSR count). The molecule has 0 amide bonds. The molecular formula is C70H46N2O2.